The van der Waals surface area contributed by atoms with Crippen molar-refractivity contribution in [1.29, 1.82) is 0 Å². The topological polar surface area (TPSA) is 64.3 Å². The van der Waals surface area contributed by atoms with Crippen LogP contribution in [0.2, 0.25) is 0 Å². The molecule has 25 heavy (non-hydrogen) atoms. The molecule has 0 saturated heterocycles. The van der Waals surface area contributed by atoms with Crippen molar-refractivity contribution < 1.29 is 9.53 Å². The number of carbonyl (C=O) groups is 1. The Kier molecular flexibility index (Phi) is 6.85. The summed E-state index contributed by atoms with van der Waals surface area (Å²) in [5.74, 6) is 0.939. The highest BCUT2D eigenvalue weighted by Gasteiger charge is 2.25. The van der Waals surface area contributed by atoms with Gasteiger partial charge in [-0.25, -0.2) is 0 Å². The van der Waals surface area contributed by atoms with Crippen LogP contribution in [0.4, 0.5) is 0 Å². The van der Waals surface area contributed by atoms with Gasteiger partial charge in [0.25, 0.3) is 0 Å². The molecule has 1 amide bonds. The molecule has 0 aromatic heterocycles. The number of hydrogen-bond acceptors (Lipinski definition) is 3. The zero-order chi connectivity index (χ0) is 16.9. The fourth-order valence-electron chi connectivity index (χ4n) is 3.14. The van der Waals surface area contributed by atoms with Gasteiger partial charge < -0.3 is 15.8 Å². The first-order chi connectivity index (χ1) is 11.7. The van der Waals surface area contributed by atoms with Crippen molar-refractivity contribution in [3.63, 3.8) is 0 Å². The third kappa shape index (κ3) is 4.53. The lowest BCUT2D eigenvalue weighted by atomic mass is 9.92. The molecule has 5 heteroatoms. The van der Waals surface area contributed by atoms with Crippen LogP contribution < -0.4 is 15.8 Å². The quantitative estimate of drug-likeness (QED) is 0.858. The molecule has 4 nitrogen and oxygen atoms in total. The van der Waals surface area contributed by atoms with E-state index in [-0.39, 0.29) is 30.3 Å². The lowest BCUT2D eigenvalue weighted by molar-refractivity contribution is -0.125. The molecule has 1 aliphatic heterocycles. The summed E-state index contributed by atoms with van der Waals surface area (Å²) in [6.45, 7) is 3.19. The normalized spacial score (nSPS) is 18.1. The maximum atomic E-state index is 12.5. The van der Waals surface area contributed by atoms with Gasteiger partial charge in [-0.1, -0.05) is 55.5 Å². The Morgan fingerprint density at radius 3 is 2.64 bits per heavy atom. The third-order valence-electron chi connectivity index (χ3n) is 4.74. The molecule has 0 saturated carbocycles. The van der Waals surface area contributed by atoms with Crippen LogP contribution >= 0.6 is 12.4 Å². The predicted octanol–water partition coefficient (Wildman–Crippen LogP) is 3.43. The molecular formula is C20H25ClN2O2. The summed E-state index contributed by atoms with van der Waals surface area (Å²) >= 11 is 0. The van der Waals surface area contributed by atoms with Gasteiger partial charge in [-0.05, 0) is 23.6 Å². The van der Waals surface area contributed by atoms with Crippen molar-refractivity contribution >= 4 is 18.3 Å². The van der Waals surface area contributed by atoms with Crippen LogP contribution in [-0.2, 0) is 4.79 Å². The van der Waals surface area contributed by atoms with Gasteiger partial charge in [0.2, 0.25) is 5.91 Å². The van der Waals surface area contributed by atoms with E-state index in [4.69, 9.17) is 10.5 Å². The summed E-state index contributed by atoms with van der Waals surface area (Å²) in [6.07, 6.45) is 0.913. The molecule has 0 aliphatic carbocycles. The highest BCUT2D eigenvalue weighted by atomic mass is 35.5. The molecule has 2 aromatic carbocycles. The van der Waals surface area contributed by atoms with Gasteiger partial charge in [-0.15, -0.1) is 12.4 Å². The SMILES string of the molecule is CC(C(=O)NCC1CCOc2ccccc21)C(N)c1ccccc1.Cl. The Balaban J connectivity index is 0.00000225. The van der Waals surface area contributed by atoms with Crippen molar-refractivity contribution in [2.75, 3.05) is 13.2 Å². The summed E-state index contributed by atoms with van der Waals surface area (Å²) in [6, 6.07) is 17.5. The number of hydrogen-bond donors (Lipinski definition) is 2. The molecule has 3 N–H and O–H groups in total. The summed E-state index contributed by atoms with van der Waals surface area (Å²) in [5.41, 5.74) is 8.40. The molecule has 1 aliphatic rings. The van der Waals surface area contributed by atoms with E-state index in [1.807, 2.05) is 55.5 Å². The van der Waals surface area contributed by atoms with Gasteiger partial charge >= 0.3 is 0 Å². The molecule has 0 spiro atoms. The number of rotatable bonds is 5. The summed E-state index contributed by atoms with van der Waals surface area (Å²) in [5, 5.41) is 3.07. The molecule has 0 bridgehead atoms. The minimum Gasteiger partial charge on any atom is -0.493 e. The van der Waals surface area contributed by atoms with Crippen LogP contribution in [-0.4, -0.2) is 19.1 Å². The number of nitrogens with one attached hydrogen (secondary N) is 1. The molecule has 3 unspecified atom stereocenters. The first-order valence-electron chi connectivity index (χ1n) is 8.47. The molecule has 3 atom stereocenters. The van der Waals surface area contributed by atoms with Gasteiger partial charge in [0.15, 0.2) is 0 Å². The second-order valence-corrected chi connectivity index (χ2v) is 6.34. The number of ether oxygens (including phenoxy) is 1. The highest BCUT2D eigenvalue weighted by molar-refractivity contribution is 5.85. The number of carbonyl (C=O) groups excluding carboxylic acids is 1. The van der Waals surface area contributed by atoms with Crippen molar-refractivity contribution in [2.45, 2.75) is 25.3 Å². The Hall–Kier alpha value is -2.04. The number of para-hydroxylation sites is 1. The van der Waals surface area contributed by atoms with Crippen LogP contribution in [0, 0.1) is 5.92 Å². The fourth-order valence-corrected chi connectivity index (χ4v) is 3.14. The molecular weight excluding hydrogens is 336 g/mol. The second kappa shape index (κ2) is 8.88. The zero-order valence-electron chi connectivity index (χ0n) is 14.4. The molecule has 134 valence electrons. The van der Waals surface area contributed by atoms with E-state index in [9.17, 15) is 4.79 Å². The number of halogens is 1. The highest BCUT2D eigenvalue weighted by Crippen LogP contribution is 2.32. The Labute approximate surface area is 155 Å². The molecule has 3 rings (SSSR count). The lowest BCUT2D eigenvalue weighted by Gasteiger charge is -2.27. The monoisotopic (exact) mass is 360 g/mol. The van der Waals surface area contributed by atoms with Crippen LogP contribution in [0.5, 0.6) is 5.75 Å². The van der Waals surface area contributed by atoms with E-state index < -0.39 is 0 Å². The van der Waals surface area contributed by atoms with Crippen molar-refractivity contribution in [1.82, 2.24) is 5.32 Å². The standard InChI is InChI=1S/C20H24N2O2.ClH/c1-14(19(21)15-7-3-2-4-8-15)20(23)22-13-16-11-12-24-18-10-6-5-9-17(16)18;/h2-10,14,16,19H,11-13,21H2,1H3,(H,22,23);1H. The van der Waals surface area contributed by atoms with Gasteiger partial charge in [-0.2, -0.15) is 0 Å². The lowest BCUT2D eigenvalue weighted by Crippen LogP contribution is -2.38. The van der Waals surface area contributed by atoms with E-state index in [1.54, 1.807) is 0 Å². The number of benzene rings is 2. The van der Waals surface area contributed by atoms with E-state index in [0.29, 0.717) is 19.1 Å². The van der Waals surface area contributed by atoms with E-state index in [0.717, 1.165) is 17.7 Å². The Morgan fingerprint density at radius 2 is 1.88 bits per heavy atom. The Bertz CT molecular complexity index is 693. The van der Waals surface area contributed by atoms with Crippen LogP contribution in [0.1, 0.15) is 36.4 Å². The maximum absolute atomic E-state index is 12.5. The summed E-state index contributed by atoms with van der Waals surface area (Å²) < 4.78 is 5.67. The average Bonchev–Trinajstić information content (AvgIpc) is 2.65. The largest absolute Gasteiger partial charge is 0.493 e. The second-order valence-electron chi connectivity index (χ2n) is 6.34. The number of amides is 1. The zero-order valence-corrected chi connectivity index (χ0v) is 15.2. The minimum atomic E-state index is -0.298. The maximum Gasteiger partial charge on any atom is 0.224 e. The average molecular weight is 361 g/mol. The van der Waals surface area contributed by atoms with Crippen LogP contribution in [0.25, 0.3) is 0 Å². The first-order valence-corrected chi connectivity index (χ1v) is 8.47. The third-order valence-corrected chi connectivity index (χ3v) is 4.74. The molecule has 0 fully saturated rings. The number of nitrogens with two attached hydrogens (primary N) is 1. The van der Waals surface area contributed by atoms with Gasteiger partial charge in [0.1, 0.15) is 5.75 Å². The smallest absolute Gasteiger partial charge is 0.224 e. The Morgan fingerprint density at radius 1 is 1.20 bits per heavy atom. The van der Waals surface area contributed by atoms with E-state index in [2.05, 4.69) is 11.4 Å². The first kappa shape index (κ1) is 19.3. The van der Waals surface area contributed by atoms with Crippen molar-refractivity contribution in [3.8, 4) is 5.75 Å². The van der Waals surface area contributed by atoms with Crippen molar-refractivity contribution in [2.24, 2.45) is 11.7 Å². The van der Waals surface area contributed by atoms with Gasteiger partial charge in [0, 0.05) is 18.5 Å². The number of fused-ring (bicyclic) bond motifs is 1. The summed E-state index contributed by atoms with van der Waals surface area (Å²) in [4.78, 5) is 12.5. The molecule has 2 aromatic rings. The fraction of sp³-hybridized carbons (Fsp3) is 0.350. The van der Waals surface area contributed by atoms with Gasteiger partial charge in [0.05, 0.1) is 12.5 Å². The minimum absolute atomic E-state index is 0. The van der Waals surface area contributed by atoms with Crippen LogP contribution in [0.3, 0.4) is 0 Å². The molecule has 0 radical (unpaired) electrons. The van der Waals surface area contributed by atoms with Crippen molar-refractivity contribution in [3.05, 3.63) is 65.7 Å². The predicted molar refractivity (Wildman–Crippen MR) is 102 cm³/mol. The van der Waals surface area contributed by atoms with Gasteiger partial charge in [-0.3, -0.25) is 4.79 Å². The van der Waals surface area contributed by atoms with Crippen LogP contribution in [0.15, 0.2) is 54.6 Å². The van der Waals surface area contributed by atoms with E-state index in [1.165, 1.54) is 5.56 Å². The summed E-state index contributed by atoms with van der Waals surface area (Å²) in [7, 11) is 0. The van der Waals surface area contributed by atoms with E-state index >= 15 is 0 Å². The molecule has 1 heterocycles.